The van der Waals surface area contributed by atoms with Crippen molar-refractivity contribution in [3.05, 3.63) is 127 Å². The number of hydrogen-bond acceptors (Lipinski definition) is 2. The molecule has 0 aromatic heterocycles. The number of benzene rings is 5. The minimum absolute atomic E-state index is 0.679. The van der Waals surface area contributed by atoms with Crippen molar-refractivity contribution in [2.24, 2.45) is 0 Å². The van der Waals surface area contributed by atoms with E-state index in [4.69, 9.17) is 0 Å². The Morgan fingerprint density at radius 1 is 0.457 bits per heavy atom. The molecule has 5 aromatic carbocycles. The van der Waals surface area contributed by atoms with E-state index in [2.05, 4.69) is 95.9 Å². The molecule has 0 saturated carbocycles. The molecule has 5 rings (SSSR count). The first kappa shape index (κ1) is 22.2. The second kappa shape index (κ2) is 9.71. The molecule has 2 nitrogen and oxygen atoms in total. The third kappa shape index (κ3) is 4.09. The van der Waals surface area contributed by atoms with Gasteiger partial charge >= 0.3 is 0 Å². The summed E-state index contributed by atoms with van der Waals surface area (Å²) in [5.41, 5.74) is 10.2. The Morgan fingerprint density at radius 2 is 0.771 bits per heavy atom. The van der Waals surface area contributed by atoms with Crippen molar-refractivity contribution in [3.63, 3.8) is 0 Å². The molecule has 35 heavy (non-hydrogen) atoms. The van der Waals surface area contributed by atoms with Gasteiger partial charge in [0.1, 0.15) is 6.07 Å². The van der Waals surface area contributed by atoms with Gasteiger partial charge in [-0.05, 0) is 27.8 Å². The lowest BCUT2D eigenvalue weighted by Gasteiger charge is -2.28. The van der Waals surface area contributed by atoms with E-state index in [1.807, 2.05) is 50.5 Å². The number of rotatable bonds is 5. The highest BCUT2D eigenvalue weighted by molar-refractivity contribution is 6.09. The molecular formula is C33H26N2. The van der Waals surface area contributed by atoms with Crippen LogP contribution >= 0.6 is 0 Å². The Labute approximate surface area is 207 Å². The van der Waals surface area contributed by atoms with E-state index in [1.165, 1.54) is 0 Å². The van der Waals surface area contributed by atoms with E-state index < -0.39 is 0 Å². The van der Waals surface area contributed by atoms with Gasteiger partial charge in [-0.15, -0.1) is 0 Å². The van der Waals surface area contributed by atoms with E-state index in [-0.39, 0.29) is 0 Å². The first-order valence-corrected chi connectivity index (χ1v) is 11.7. The van der Waals surface area contributed by atoms with E-state index in [9.17, 15) is 5.26 Å². The molecule has 0 bridgehead atoms. The van der Waals surface area contributed by atoms with Gasteiger partial charge in [-0.25, -0.2) is 0 Å². The summed E-state index contributed by atoms with van der Waals surface area (Å²) in [5, 5.41) is 10.6. The molecule has 0 radical (unpaired) electrons. The van der Waals surface area contributed by atoms with E-state index in [0.717, 1.165) is 50.2 Å². The summed E-state index contributed by atoms with van der Waals surface area (Å²) in [7, 11) is 4.04. The minimum Gasteiger partial charge on any atom is -0.376 e. The van der Waals surface area contributed by atoms with Crippen molar-refractivity contribution in [1.82, 2.24) is 0 Å². The molecule has 0 aliphatic carbocycles. The molecule has 0 heterocycles. The summed E-state index contributed by atoms with van der Waals surface area (Å²) in [6.07, 6.45) is 0. The molecule has 0 atom stereocenters. The normalized spacial score (nSPS) is 10.5. The van der Waals surface area contributed by atoms with Crippen molar-refractivity contribution < 1.29 is 0 Å². The molecule has 0 fully saturated rings. The lowest BCUT2D eigenvalue weighted by Crippen LogP contribution is -2.14. The maximum atomic E-state index is 10.6. The SMILES string of the molecule is CN(C)c1c(C#N)c(-c2ccccc2)c(-c2ccccc2)c(-c2ccccc2)c1-c1ccccc1. The summed E-state index contributed by atoms with van der Waals surface area (Å²) >= 11 is 0. The fraction of sp³-hybridized carbons (Fsp3) is 0.0606. The first-order valence-electron chi connectivity index (χ1n) is 11.7. The average Bonchev–Trinajstić information content (AvgIpc) is 2.93. The van der Waals surface area contributed by atoms with Gasteiger partial charge < -0.3 is 4.90 Å². The second-order valence-corrected chi connectivity index (χ2v) is 8.69. The fourth-order valence-electron chi connectivity index (χ4n) is 4.86. The lowest BCUT2D eigenvalue weighted by atomic mass is 9.79. The van der Waals surface area contributed by atoms with Gasteiger partial charge in [-0.3, -0.25) is 0 Å². The summed E-state index contributed by atoms with van der Waals surface area (Å²) in [6, 6.07) is 44.2. The summed E-state index contributed by atoms with van der Waals surface area (Å²) in [4.78, 5) is 2.08. The minimum atomic E-state index is 0.679. The second-order valence-electron chi connectivity index (χ2n) is 8.69. The van der Waals surface area contributed by atoms with Crippen LogP contribution in [0.3, 0.4) is 0 Å². The van der Waals surface area contributed by atoms with Gasteiger partial charge in [0.05, 0.1) is 11.3 Å². The van der Waals surface area contributed by atoms with Crippen LogP contribution in [0.2, 0.25) is 0 Å². The highest BCUT2D eigenvalue weighted by Crippen LogP contribution is 2.52. The van der Waals surface area contributed by atoms with Gasteiger partial charge in [-0.1, -0.05) is 121 Å². The van der Waals surface area contributed by atoms with Crippen LogP contribution in [0.1, 0.15) is 5.56 Å². The smallest absolute Gasteiger partial charge is 0.102 e. The summed E-state index contributed by atoms with van der Waals surface area (Å²) in [5.74, 6) is 0. The van der Waals surface area contributed by atoms with Gasteiger partial charge in [-0.2, -0.15) is 5.26 Å². The van der Waals surface area contributed by atoms with Crippen molar-refractivity contribution in [2.75, 3.05) is 19.0 Å². The summed E-state index contributed by atoms with van der Waals surface area (Å²) < 4.78 is 0. The molecule has 0 amide bonds. The zero-order valence-corrected chi connectivity index (χ0v) is 19.9. The molecule has 0 aliphatic rings. The van der Waals surface area contributed by atoms with Gasteiger partial charge in [0, 0.05) is 30.8 Å². The molecule has 2 heteroatoms. The topological polar surface area (TPSA) is 27.0 Å². The van der Waals surface area contributed by atoms with Crippen LogP contribution in [-0.4, -0.2) is 14.1 Å². The maximum absolute atomic E-state index is 10.6. The van der Waals surface area contributed by atoms with Crippen molar-refractivity contribution >= 4 is 5.69 Å². The molecule has 0 unspecified atom stereocenters. The number of hydrogen-bond donors (Lipinski definition) is 0. The van der Waals surface area contributed by atoms with Crippen LogP contribution in [-0.2, 0) is 0 Å². The fourth-order valence-corrected chi connectivity index (χ4v) is 4.86. The monoisotopic (exact) mass is 450 g/mol. The van der Waals surface area contributed by atoms with Gasteiger partial charge in [0.15, 0.2) is 0 Å². The van der Waals surface area contributed by atoms with Gasteiger partial charge in [0.2, 0.25) is 0 Å². The molecule has 0 N–H and O–H groups in total. The molecule has 0 aliphatic heterocycles. The maximum Gasteiger partial charge on any atom is 0.102 e. The first-order chi connectivity index (χ1) is 17.2. The largest absolute Gasteiger partial charge is 0.376 e. The number of nitrogens with zero attached hydrogens (tertiary/aromatic N) is 2. The summed E-state index contributed by atoms with van der Waals surface area (Å²) in [6.45, 7) is 0. The van der Waals surface area contributed by atoms with E-state index in [1.54, 1.807) is 0 Å². The Hall–Kier alpha value is -4.61. The van der Waals surface area contributed by atoms with Crippen molar-refractivity contribution in [1.29, 1.82) is 5.26 Å². The molecule has 168 valence electrons. The Kier molecular flexibility index (Phi) is 6.16. The van der Waals surface area contributed by atoms with Crippen molar-refractivity contribution in [3.8, 4) is 50.6 Å². The Morgan fingerprint density at radius 3 is 1.11 bits per heavy atom. The standard InChI is InChI=1S/C33H26N2/c1-35(2)33-28(23-34)29(24-15-7-3-8-16-24)30(25-17-9-4-10-18-25)31(26-19-11-5-12-20-26)32(33)27-21-13-6-14-22-27/h3-22H,1-2H3. The Balaban J connectivity index is 2.09. The van der Waals surface area contributed by atoms with Crippen LogP contribution in [0, 0.1) is 11.3 Å². The molecular weight excluding hydrogens is 424 g/mol. The van der Waals surface area contributed by atoms with Gasteiger partial charge in [0.25, 0.3) is 0 Å². The third-order valence-electron chi connectivity index (χ3n) is 6.28. The molecule has 0 spiro atoms. The van der Waals surface area contributed by atoms with Crippen molar-refractivity contribution in [2.45, 2.75) is 0 Å². The zero-order valence-electron chi connectivity index (χ0n) is 19.9. The highest BCUT2D eigenvalue weighted by atomic mass is 15.1. The number of anilines is 1. The van der Waals surface area contributed by atoms with Crippen LogP contribution in [0.25, 0.3) is 44.5 Å². The van der Waals surface area contributed by atoms with Crippen LogP contribution in [0.4, 0.5) is 5.69 Å². The third-order valence-corrected chi connectivity index (χ3v) is 6.28. The molecule has 5 aromatic rings. The predicted octanol–water partition coefficient (Wildman–Crippen LogP) is 8.29. The van der Waals surface area contributed by atoms with E-state index in [0.29, 0.717) is 5.56 Å². The molecule has 0 saturated heterocycles. The van der Waals surface area contributed by atoms with Crippen LogP contribution in [0.15, 0.2) is 121 Å². The average molecular weight is 451 g/mol. The predicted molar refractivity (Wildman–Crippen MR) is 147 cm³/mol. The van der Waals surface area contributed by atoms with Crippen LogP contribution in [0.5, 0.6) is 0 Å². The zero-order chi connectivity index (χ0) is 24.2. The quantitative estimate of drug-likeness (QED) is 0.269. The number of nitriles is 1. The Bertz CT molecular complexity index is 1480. The van der Waals surface area contributed by atoms with E-state index >= 15 is 0 Å². The van der Waals surface area contributed by atoms with Crippen LogP contribution < -0.4 is 4.90 Å². The lowest BCUT2D eigenvalue weighted by molar-refractivity contribution is 1.13. The highest BCUT2D eigenvalue weighted by Gasteiger charge is 2.28.